The lowest BCUT2D eigenvalue weighted by atomic mass is 10.1. The molecule has 0 aliphatic heterocycles. The third-order valence-electron chi connectivity index (χ3n) is 2.69. The number of amides is 2. The van der Waals surface area contributed by atoms with Crippen molar-refractivity contribution in [3.05, 3.63) is 36.4 Å². The van der Waals surface area contributed by atoms with E-state index in [2.05, 4.69) is 22.5 Å². The normalized spacial score (nSPS) is 9.90. The van der Waals surface area contributed by atoms with Crippen molar-refractivity contribution < 1.29 is 9.59 Å². The molecule has 0 bridgehead atoms. The summed E-state index contributed by atoms with van der Waals surface area (Å²) in [7, 11) is 0. The fraction of sp³-hybridized carbons (Fsp3) is 0.333. The van der Waals surface area contributed by atoms with E-state index < -0.39 is 0 Å². The van der Waals surface area contributed by atoms with Gasteiger partial charge in [-0.2, -0.15) is 0 Å². The zero-order valence-corrected chi connectivity index (χ0v) is 12.0. The van der Waals surface area contributed by atoms with E-state index in [4.69, 9.17) is 0 Å². The molecule has 0 aliphatic carbocycles. The Morgan fingerprint density at radius 2 is 2.00 bits per heavy atom. The Morgan fingerprint density at radius 1 is 1.25 bits per heavy atom. The van der Waals surface area contributed by atoms with Gasteiger partial charge in [0.2, 0.25) is 11.8 Å². The third kappa shape index (κ3) is 5.24. The van der Waals surface area contributed by atoms with Crippen molar-refractivity contribution in [2.75, 3.05) is 23.7 Å². The van der Waals surface area contributed by atoms with Gasteiger partial charge in [-0.25, -0.2) is 0 Å². The van der Waals surface area contributed by atoms with Gasteiger partial charge in [0.25, 0.3) is 0 Å². The molecule has 108 valence electrons. The van der Waals surface area contributed by atoms with Gasteiger partial charge in [0, 0.05) is 24.3 Å². The van der Waals surface area contributed by atoms with Crippen LogP contribution in [0, 0.1) is 6.92 Å². The van der Waals surface area contributed by atoms with E-state index in [0.29, 0.717) is 24.3 Å². The van der Waals surface area contributed by atoms with Crippen LogP contribution in [0.1, 0.15) is 18.9 Å². The highest BCUT2D eigenvalue weighted by Gasteiger charge is 2.06. The van der Waals surface area contributed by atoms with E-state index >= 15 is 0 Å². The van der Waals surface area contributed by atoms with Crippen LogP contribution in [0.25, 0.3) is 0 Å². The molecule has 5 nitrogen and oxygen atoms in total. The van der Waals surface area contributed by atoms with Gasteiger partial charge < -0.3 is 16.0 Å². The molecule has 20 heavy (non-hydrogen) atoms. The first kappa shape index (κ1) is 15.9. The topological polar surface area (TPSA) is 70.2 Å². The molecule has 0 heterocycles. The van der Waals surface area contributed by atoms with Crippen molar-refractivity contribution in [1.29, 1.82) is 0 Å². The number of hydrogen-bond donors (Lipinski definition) is 3. The molecule has 2 amide bonds. The number of carbonyl (C=O) groups excluding carboxylic acids is 2. The highest BCUT2D eigenvalue weighted by Crippen LogP contribution is 2.20. The lowest BCUT2D eigenvalue weighted by Gasteiger charge is -2.11. The van der Waals surface area contributed by atoms with Crippen molar-refractivity contribution >= 4 is 23.2 Å². The number of anilines is 2. The summed E-state index contributed by atoms with van der Waals surface area (Å²) in [6, 6.07) is 5.43. The van der Waals surface area contributed by atoms with E-state index in [1.54, 1.807) is 19.1 Å². The smallest absolute Gasteiger partial charge is 0.238 e. The second kappa shape index (κ2) is 8.12. The van der Waals surface area contributed by atoms with Gasteiger partial charge in [0.15, 0.2) is 0 Å². The molecule has 5 heteroatoms. The second-order valence-electron chi connectivity index (χ2n) is 4.40. The molecule has 3 N–H and O–H groups in total. The van der Waals surface area contributed by atoms with Crippen LogP contribution in [-0.4, -0.2) is 24.9 Å². The lowest BCUT2D eigenvalue weighted by molar-refractivity contribution is -0.116. The van der Waals surface area contributed by atoms with Crippen molar-refractivity contribution in [3.63, 3.8) is 0 Å². The predicted octanol–water partition coefficient (Wildman–Crippen LogP) is 2.06. The van der Waals surface area contributed by atoms with Gasteiger partial charge in [0.05, 0.1) is 6.54 Å². The van der Waals surface area contributed by atoms with Crippen LogP contribution in [0.3, 0.4) is 0 Å². The Kier molecular flexibility index (Phi) is 6.46. The molecule has 0 aromatic heterocycles. The molecule has 0 unspecified atom stereocenters. The van der Waals surface area contributed by atoms with E-state index in [0.717, 1.165) is 5.56 Å². The quantitative estimate of drug-likeness (QED) is 0.527. The van der Waals surface area contributed by atoms with Gasteiger partial charge in [-0.15, -0.1) is 6.58 Å². The van der Waals surface area contributed by atoms with Crippen molar-refractivity contribution in [1.82, 2.24) is 5.32 Å². The Balaban J connectivity index is 2.68. The number of benzene rings is 1. The van der Waals surface area contributed by atoms with E-state index in [9.17, 15) is 9.59 Å². The summed E-state index contributed by atoms with van der Waals surface area (Å²) >= 11 is 0. The van der Waals surface area contributed by atoms with E-state index in [1.807, 2.05) is 19.1 Å². The predicted molar refractivity (Wildman–Crippen MR) is 81.8 cm³/mol. The minimum Gasteiger partial charge on any atom is -0.326 e. The Labute approximate surface area is 119 Å². The fourth-order valence-electron chi connectivity index (χ4n) is 1.57. The molecule has 1 aromatic rings. The maximum atomic E-state index is 11.7. The van der Waals surface area contributed by atoms with E-state index in [1.165, 1.54) is 0 Å². The van der Waals surface area contributed by atoms with Gasteiger partial charge in [-0.1, -0.05) is 19.1 Å². The van der Waals surface area contributed by atoms with Crippen LogP contribution < -0.4 is 16.0 Å². The molecular formula is C15H21N3O2. The highest BCUT2D eigenvalue weighted by atomic mass is 16.2. The maximum Gasteiger partial charge on any atom is 0.238 e. The molecule has 0 atom stereocenters. The Morgan fingerprint density at radius 3 is 2.65 bits per heavy atom. The van der Waals surface area contributed by atoms with Crippen LogP contribution in [0.4, 0.5) is 11.4 Å². The first-order chi connectivity index (χ1) is 9.56. The molecule has 0 radical (unpaired) electrons. The fourth-order valence-corrected chi connectivity index (χ4v) is 1.57. The molecule has 0 saturated carbocycles. The van der Waals surface area contributed by atoms with Crippen molar-refractivity contribution in [2.45, 2.75) is 20.3 Å². The van der Waals surface area contributed by atoms with Crippen molar-refractivity contribution in [3.8, 4) is 0 Å². The Hall–Kier alpha value is -2.14. The summed E-state index contributed by atoms with van der Waals surface area (Å²) in [5.41, 5.74) is 2.32. The van der Waals surface area contributed by atoms with Gasteiger partial charge in [-0.05, 0) is 24.6 Å². The largest absolute Gasteiger partial charge is 0.326 e. The van der Waals surface area contributed by atoms with Crippen LogP contribution in [-0.2, 0) is 9.59 Å². The summed E-state index contributed by atoms with van der Waals surface area (Å²) in [6.45, 7) is 8.06. The average molecular weight is 275 g/mol. The Bertz CT molecular complexity index is 498. The second-order valence-corrected chi connectivity index (χ2v) is 4.40. The lowest BCUT2D eigenvalue weighted by Crippen LogP contribution is -2.28. The molecule has 0 aliphatic rings. The van der Waals surface area contributed by atoms with Crippen LogP contribution in [0.2, 0.25) is 0 Å². The minimum absolute atomic E-state index is 0.0567. The summed E-state index contributed by atoms with van der Waals surface area (Å²) in [4.78, 5) is 23.1. The summed E-state index contributed by atoms with van der Waals surface area (Å²) in [6.07, 6.45) is 2.11. The van der Waals surface area contributed by atoms with Crippen LogP contribution in [0.5, 0.6) is 0 Å². The van der Waals surface area contributed by atoms with Crippen molar-refractivity contribution in [2.24, 2.45) is 0 Å². The molecule has 1 rings (SSSR count). The number of aryl methyl sites for hydroxylation is 1. The number of carbonyl (C=O) groups is 2. The molecule has 0 fully saturated rings. The first-order valence-corrected chi connectivity index (χ1v) is 6.58. The zero-order chi connectivity index (χ0) is 15.0. The molecular weight excluding hydrogens is 254 g/mol. The average Bonchev–Trinajstić information content (AvgIpc) is 2.42. The van der Waals surface area contributed by atoms with Gasteiger partial charge >= 0.3 is 0 Å². The minimum atomic E-state index is -0.131. The summed E-state index contributed by atoms with van der Waals surface area (Å²) < 4.78 is 0. The van der Waals surface area contributed by atoms with Crippen LogP contribution in [0.15, 0.2) is 30.9 Å². The van der Waals surface area contributed by atoms with Crippen LogP contribution >= 0.6 is 0 Å². The number of rotatable bonds is 7. The standard InChI is InChI=1S/C15H21N3O2/c1-4-8-16-10-15(20)18-13-9-12(7-6-11(13)3)17-14(19)5-2/h4,6-7,9,16H,1,5,8,10H2,2-3H3,(H,17,19)(H,18,20). The summed E-state index contributed by atoms with van der Waals surface area (Å²) in [5.74, 6) is -0.187. The SMILES string of the molecule is C=CCNCC(=O)Nc1cc(NC(=O)CC)ccc1C. The zero-order valence-electron chi connectivity index (χ0n) is 12.0. The molecule has 0 spiro atoms. The van der Waals surface area contributed by atoms with E-state index in [-0.39, 0.29) is 18.4 Å². The monoisotopic (exact) mass is 275 g/mol. The third-order valence-corrected chi connectivity index (χ3v) is 2.69. The first-order valence-electron chi connectivity index (χ1n) is 6.58. The number of hydrogen-bond acceptors (Lipinski definition) is 3. The van der Waals surface area contributed by atoms with Gasteiger partial charge in [-0.3, -0.25) is 9.59 Å². The van der Waals surface area contributed by atoms with Gasteiger partial charge in [0.1, 0.15) is 0 Å². The summed E-state index contributed by atoms with van der Waals surface area (Å²) in [5, 5.41) is 8.51. The number of nitrogens with one attached hydrogen (secondary N) is 3. The molecule has 0 saturated heterocycles. The highest BCUT2D eigenvalue weighted by molar-refractivity contribution is 5.95. The maximum absolute atomic E-state index is 11.7. The molecule has 1 aromatic carbocycles.